The van der Waals surface area contributed by atoms with Gasteiger partial charge in [0.15, 0.2) is 0 Å². The molecule has 1 aliphatic rings. The van der Waals surface area contributed by atoms with E-state index < -0.39 is 0 Å². The van der Waals surface area contributed by atoms with Crippen LogP contribution in [0.5, 0.6) is 0 Å². The molecule has 0 atom stereocenters. The maximum atomic E-state index is 4.37. The SMILES string of the molecule is c1ccc(-c2nnn(CCNCC3CC3)n2)cc1. The second kappa shape index (κ2) is 5.27. The van der Waals surface area contributed by atoms with Gasteiger partial charge in [-0.05, 0) is 30.5 Å². The van der Waals surface area contributed by atoms with E-state index in [1.54, 1.807) is 4.80 Å². The molecule has 5 heteroatoms. The molecule has 94 valence electrons. The summed E-state index contributed by atoms with van der Waals surface area (Å²) in [5, 5.41) is 15.9. The van der Waals surface area contributed by atoms with E-state index in [0.717, 1.165) is 31.1 Å². The van der Waals surface area contributed by atoms with Gasteiger partial charge < -0.3 is 5.32 Å². The lowest BCUT2D eigenvalue weighted by atomic mass is 10.2. The third kappa shape index (κ3) is 2.92. The summed E-state index contributed by atoms with van der Waals surface area (Å²) < 4.78 is 0. The van der Waals surface area contributed by atoms with Gasteiger partial charge in [0.1, 0.15) is 0 Å². The molecule has 1 fully saturated rings. The largest absolute Gasteiger partial charge is 0.315 e. The van der Waals surface area contributed by atoms with E-state index in [1.807, 2.05) is 30.3 Å². The van der Waals surface area contributed by atoms with Crippen LogP contribution < -0.4 is 5.32 Å². The van der Waals surface area contributed by atoms with Gasteiger partial charge in [0.25, 0.3) is 0 Å². The quantitative estimate of drug-likeness (QED) is 0.778. The van der Waals surface area contributed by atoms with Crippen LogP contribution in [-0.4, -0.2) is 33.3 Å². The lowest BCUT2D eigenvalue weighted by molar-refractivity contribution is 0.486. The summed E-state index contributed by atoms with van der Waals surface area (Å²) in [7, 11) is 0. The average molecular weight is 243 g/mol. The van der Waals surface area contributed by atoms with Gasteiger partial charge in [-0.2, -0.15) is 4.80 Å². The molecule has 1 saturated carbocycles. The molecule has 1 aromatic carbocycles. The Morgan fingerprint density at radius 2 is 2.06 bits per heavy atom. The lowest BCUT2D eigenvalue weighted by Crippen LogP contribution is -2.23. The average Bonchev–Trinajstić information content (AvgIpc) is 3.12. The molecule has 3 rings (SSSR count). The highest BCUT2D eigenvalue weighted by molar-refractivity contribution is 5.52. The summed E-state index contributed by atoms with van der Waals surface area (Å²) in [5.41, 5.74) is 1.01. The van der Waals surface area contributed by atoms with Crippen molar-refractivity contribution in [1.82, 2.24) is 25.5 Å². The first-order valence-corrected chi connectivity index (χ1v) is 6.46. The number of aromatic nitrogens is 4. The minimum Gasteiger partial charge on any atom is -0.315 e. The van der Waals surface area contributed by atoms with Gasteiger partial charge in [-0.3, -0.25) is 0 Å². The molecule has 0 saturated heterocycles. The van der Waals surface area contributed by atoms with Crippen LogP contribution in [0.25, 0.3) is 11.4 Å². The first-order valence-electron chi connectivity index (χ1n) is 6.46. The standard InChI is InChI=1S/C13H17N5/c1-2-4-12(5-3-1)13-15-17-18(16-13)9-8-14-10-11-6-7-11/h1-5,11,14H,6-10H2. The number of nitrogens with one attached hydrogen (secondary N) is 1. The van der Waals surface area contributed by atoms with Crippen molar-refractivity contribution in [3.8, 4) is 11.4 Å². The highest BCUT2D eigenvalue weighted by atomic mass is 15.6. The van der Waals surface area contributed by atoms with Gasteiger partial charge in [0.05, 0.1) is 6.54 Å². The smallest absolute Gasteiger partial charge is 0.204 e. The number of nitrogens with zero attached hydrogens (tertiary/aromatic N) is 4. The maximum absolute atomic E-state index is 4.37. The Morgan fingerprint density at radius 3 is 2.83 bits per heavy atom. The molecule has 0 amide bonds. The Hall–Kier alpha value is -1.75. The van der Waals surface area contributed by atoms with Crippen LogP contribution in [0, 0.1) is 5.92 Å². The van der Waals surface area contributed by atoms with E-state index in [-0.39, 0.29) is 0 Å². The predicted octanol–water partition coefficient (Wildman–Crippen LogP) is 1.34. The van der Waals surface area contributed by atoms with E-state index in [1.165, 1.54) is 12.8 Å². The number of benzene rings is 1. The molecule has 0 radical (unpaired) electrons. The number of hydrogen-bond donors (Lipinski definition) is 1. The summed E-state index contributed by atoms with van der Waals surface area (Å²) in [4.78, 5) is 1.65. The fraction of sp³-hybridized carbons (Fsp3) is 0.462. The molecule has 5 nitrogen and oxygen atoms in total. The summed E-state index contributed by atoms with van der Waals surface area (Å²) in [5.74, 6) is 1.60. The molecule has 0 unspecified atom stereocenters. The van der Waals surface area contributed by atoms with E-state index >= 15 is 0 Å². The third-order valence-electron chi connectivity index (χ3n) is 3.10. The van der Waals surface area contributed by atoms with Crippen LogP contribution in [0.1, 0.15) is 12.8 Å². The molecular weight excluding hydrogens is 226 g/mol. The zero-order valence-electron chi connectivity index (χ0n) is 10.3. The zero-order chi connectivity index (χ0) is 12.2. The van der Waals surface area contributed by atoms with Gasteiger partial charge in [0.2, 0.25) is 5.82 Å². The molecule has 0 aliphatic heterocycles. The van der Waals surface area contributed by atoms with Crippen molar-refractivity contribution in [3.05, 3.63) is 30.3 Å². The van der Waals surface area contributed by atoms with Crippen LogP contribution in [-0.2, 0) is 6.54 Å². The molecule has 1 aromatic heterocycles. The van der Waals surface area contributed by atoms with Gasteiger partial charge >= 0.3 is 0 Å². The maximum Gasteiger partial charge on any atom is 0.204 e. The summed E-state index contributed by atoms with van der Waals surface area (Å²) in [6.45, 7) is 2.80. The van der Waals surface area contributed by atoms with E-state index in [9.17, 15) is 0 Å². The Morgan fingerprint density at radius 1 is 1.22 bits per heavy atom. The number of hydrogen-bond acceptors (Lipinski definition) is 4. The van der Waals surface area contributed by atoms with E-state index in [0.29, 0.717) is 5.82 Å². The Kier molecular flexibility index (Phi) is 3.32. The molecule has 0 bridgehead atoms. The molecule has 0 spiro atoms. The Bertz CT molecular complexity index is 489. The van der Waals surface area contributed by atoms with Gasteiger partial charge in [0, 0.05) is 12.1 Å². The van der Waals surface area contributed by atoms with Crippen LogP contribution in [0.3, 0.4) is 0 Å². The molecule has 18 heavy (non-hydrogen) atoms. The summed E-state index contributed by atoms with van der Waals surface area (Å²) in [6, 6.07) is 9.93. The van der Waals surface area contributed by atoms with Crippen molar-refractivity contribution < 1.29 is 0 Å². The highest BCUT2D eigenvalue weighted by Gasteiger charge is 2.19. The molecule has 1 heterocycles. The van der Waals surface area contributed by atoms with Gasteiger partial charge in [-0.25, -0.2) is 0 Å². The summed E-state index contributed by atoms with van der Waals surface area (Å²) in [6.07, 6.45) is 2.76. The van der Waals surface area contributed by atoms with Crippen LogP contribution in [0.2, 0.25) is 0 Å². The van der Waals surface area contributed by atoms with Gasteiger partial charge in [-0.15, -0.1) is 10.2 Å². The molecule has 2 aromatic rings. The third-order valence-corrected chi connectivity index (χ3v) is 3.10. The zero-order valence-corrected chi connectivity index (χ0v) is 10.3. The fourth-order valence-electron chi connectivity index (χ4n) is 1.85. The normalized spacial score (nSPS) is 14.9. The van der Waals surface area contributed by atoms with Crippen LogP contribution >= 0.6 is 0 Å². The Labute approximate surface area is 106 Å². The first kappa shape index (κ1) is 11.3. The highest BCUT2D eigenvalue weighted by Crippen LogP contribution is 2.27. The van der Waals surface area contributed by atoms with Crippen LogP contribution in [0.4, 0.5) is 0 Å². The topological polar surface area (TPSA) is 55.6 Å². The van der Waals surface area contributed by atoms with Crippen molar-refractivity contribution in [2.75, 3.05) is 13.1 Å². The lowest BCUT2D eigenvalue weighted by Gasteiger charge is -2.01. The summed E-state index contributed by atoms with van der Waals surface area (Å²) >= 11 is 0. The second-order valence-electron chi connectivity index (χ2n) is 4.72. The fourth-order valence-corrected chi connectivity index (χ4v) is 1.85. The molecule has 1 N–H and O–H groups in total. The minimum absolute atomic E-state index is 0.692. The predicted molar refractivity (Wildman–Crippen MR) is 68.8 cm³/mol. The minimum atomic E-state index is 0.692. The molecule has 1 aliphatic carbocycles. The van der Waals surface area contributed by atoms with Crippen LogP contribution in [0.15, 0.2) is 30.3 Å². The van der Waals surface area contributed by atoms with Crippen molar-refractivity contribution >= 4 is 0 Å². The first-order chi connectivity index (χ1) is 8.92. The van der Waals surface area contributed by atoms with Crippen molar-refractivity contribution in [1.29, 1.82) is 0 Å². The number of tetrazole rings is 1. The Balaban J connectivity index is 1.52. The van der Waals surface area contributed by atoms with Crippen molar-refractivity contribution in [2.45, 2.75) is 19.4 Å². The monoisotopic (exact) mass is 243 g/mol. The number of rotatable bonds is 6. The molecular formula is C13H17N5. The van der Waals surface area contributed by atoms with E-state index in [4.69, 9.17) is 0 Å². The van der Waals surface area contributed by atoms with Gasteiger partial charge in [-0.1, -0.05) is 30.3 Å². The van der Waals surface area contributed by atoms with E-state index in [2.05, 4.69) is 20.7 Å². The van der Waals surface area contributed by atoms with Crippen molar-refractivity contribution in [2.24, 2.45) is 5.92 Å². The second-order valence-corrected chi connectivity index (χ2v) is 4.72. The van der Waals surface area contributed by atoms with Crippen molar-refractivity contribution in [3.63, 3.8) is 0 Å².